The second kappa shape index (κ2) is 10.4. The van der Waals surface area contributed by atoms with E-state index in [1.54, 1.807) is 19.1 Å². The summed E-state index contributed by atoms with van der Waals surface area (Å²) >= 11 is 0. The van der Waals surface area contributed by atoms with E-state index in [0.717, 1.165) is 24.0 Å². The highest BCUT2D eigenvalue weighted by Gasteiger charge is 2.10. The topological polar surface area (TPSA) is 86.2 Å². The van der Waals surface area contributed by atoms with Crippen LogP contribution in [-0.2, 0) is 28.9 Å². The zero-order valence-electron chi connectivity index (χ0n) is 17.9. The average molecular weight is 421 g/mol. The second-order valence-corrected chi connectivity index (χ2v) is 7.26. The van der Waals surface area contributed by atoms with Gasteiger partial charge in [0.15, 0.2) is 0 Å². The van der Waals surface area contributed by atoms with Crippen molar-refractivity contribution in [3.8, 4) is 5.75 Å². The lowest BCUT2D eigenvalue weighted by Gasteiger charge is -2.08. The van der Waals surface area contributed by atoms with Crippen molar-refractivity contribution in [1.82, 2.24) is 14.8 Å². The highest BCUT2D eigenvalue weighted by molar-refractivity contribution is 5.86. The number of benzene rings is 2. The van der Waals surface area contributed by atoms with E-state index in [9.17, 15) is 9.59 Å². The third-order valence-electron chi connectivity index (χ3n) is 4.73. The first-order valence-corrected chi connectivity index (χ1v) is 10.3. The van der Waals surface area contributed by atoms with Gasteiger partial charge in [-0.1, -0.05) is 42.0 Å². The molecule has 0 atom stereocenters. The maximum atomic E-state index is 12.1. The molecule has 0 saturated carbocycles. The van der Waals surface area contributed by atoms with Crippen molar-refractivity contribution in [2.24, 2.45) is 0 Å². The maximum Gasteiger partial charge on any atom is 0.373 e. The first-order chi connectivity index (χ1) is 14.9. The fourth-order valence-corrected chi connectivity index (χ4v) is 3.07. The van der Waals surface area contributed by atoms with Crippen LogP contribution in [0.3, 0.4) is 0 Å². The Hall–Kier alpha value is -3.61. The summed E-state index contributed by atoms with van der Waals surface area (Å²) in [7, 11) is 0. The number of carbonyl (C=O) groups excluding carboxylic acids is 1. The van der Waals surface area contributed by atoms with E-state index in [-0.39, 0.29) is 18.1 Å². The minimum Gasteiger partial charge on any atom is -0.460 e. The molecule has 1 aromatic heterocycles. The van der Waals surface area contributed by atoms with Gasteiger partial charge in [-0.2, -0.15) is 5.10 Å². The van der Waals surface area contributed by atoms with Gasteiger partial charge in [-0.3, -0.25) is 4.98 Å². The number of aromatic nitrogens is 3. The van der Waals surface area contributed by atoms with Gasteiger partial charge in [-0.05, 0) is 56.5 Å². The highest BCUT2D eigenvalue weighted by atomic mass is 16.6. The predicted octanol–water partition coefficient (Wildman–Crippen LogP) is 3.56. The quantitative estimate of drug-likeness (QED) is 0.307. The molecule has 0 radical (unpaired) electrons. The highest BCUT2D eigenvalue weighted by Crippen LogP contribution is 2.16. The number of hydrogen-bond donors (Lipinski definition) is 1. The Kier molecular flexibility index (Phi) is 7.43. The van der Waals surface area contributed by atoms with Crippen LogP contribution in [0.4, 0.5) is 0 Å². The fraction of sp³-hybridized carbons (Fsp3) is 0.292. The molecule has 0 amide bonds. The molecule has 0 unspecified atom stereocenters. The number of ether oxygens (including phenoxy) is 2. The number of esters is 1. The summed E-state index contributed by atoms with van der Waals surface area (Å²) in [6.07, 6.45) is 2.34. The zero-order chi connectivity index (χ0) is 22.2. The molecular formula is C24H27N3O4. The Bertz CT molecular complexity index is 1080. The monoisotopic (exact) mass is 421 g/mol. The number of aryl methyl sites for hydroxylation is 3. The molecule has 7 nitrogen and oxygen atoms in total. The van der Waals surface area contributed by atoms with Crippen LogP contribution in [0.1, 0.15) is 35.9 Å². The molecule has 3 aromatic rings. The van der Waals surface area contributed by atoms with Crippen LogP contribution in [0.15, 0.2) is 65.7 Å². The largest absolute Gasteiger partial charge is 0.460 e. The summed E-state index contributed by atoms with van der Waals surface area (Å²) in [6, 6.07) is 15.5. The van der Waals surface area contributed by atoms with E-state index in [2.05, 4.69) is 16.7 Å². The Labute approximate surface area is 181 Å². The summed E-state index contributed by atoms with van der Waals surface area (Å²) < 4.78 is 11.7. The van der Waals surface area contributed by atoms with Crippen LogP contribution in [0.5, 0.6) is 5.75 Å². The van der Waals surface area contributed by atoms with Crippen LogP contribution < -0.4 is 10.4 Å². The van der Waals surface area contributed by atoms with E-state index < -0.39 is 5.97 Å². The number of aromatic amines is 1. The first-order valence-electron chi connectivity index (χ1n) is 10.3. The number of nitrogens with zero attached hydrogens (tertiary/aromatic N) is 2. The van der Waals surface area contributed by atoms with Gasteiger partial charge >= 0.3 is 11.7 Å². The average Bonchev–Trinajstić information content (AvgIpc) is 3.10. The molecule has 0 spiro atoms. The van der Waals surface area contributed by atoms with Gasteiger partial charge in [0, 0.05) is 6.42 Å². The van der Waals surface area contributed by atoms with Gasteiger partial charge in [-0.25, -0.2) is 14.3 Å². The van der Waals surface area contributed by atoms with Crippen LogP contribution in [0.2, 0.25) is 0 Å². The van der Waals surface area contributed by atoms with E-state index in [4.69, 9.17) is 9.47 Å². The van der Waals surface area contributed by atoms with Crippen LogP contribution in [0, 0.1) is 6.92 Å². The molecule has 0 fully saturated rings. The van der Waals surface area contributed by atoms with Crippen molar-refractivity contribution in [2.75, 3.05) is 6.61 Å². The van der Waals surface area contributed by atoms with Crippen molar-refractivity contribution in [2.45, 2.75) is 39.7 Å². The van der Waals surface area contributed by atoms with Crippen molar-refractivity contribution in [3.63, 3.8) is 0 Å². The smallest absolute Gasteiger partial charge is 0.373 e. The Morgan fingerprint density at radius 1 is 1.06 bits per heavy atom. The molecule has 0 saturated heterocycles. The number of nitrogens with one attached hydrogen (secondary N) is 1. The van der Waals surface area contributed by atoms with Gasteiger partial charge in [-0.15, -0.1) is 0 Å². The second-order valence-electron chi connectivity index (χ2n) is 7.26. The molecule has 0 aliphatic heterocycles. The zero-order valence-corrected chi connectivity index (χ0v) is 17.9. The minimum absolute atomic E-state index is 0.0419. The Morgan fingerprint density at radius 2 is 1.74 bits per heavy atom. The van der Waals surface area contributed by atoms with Crippen LogP contribution >= 0.6 is 0 Å². The lowest BCUT2D eigenvalue weighted by molar-refractivity contribution is -0.140. The molecule has 3 rings (SSSR count). The molecule has 0 aliphatic rings. The van der Waals surface area contributed by atoms with Crippen molar-refractivity contribution in [1.29, 1.82) is 0 Å². The Balaban J connectivity index is 1.49. The third kappa shape index (κ3) is 6.44. The normalized spacial score (nSPS) is 10.6. The fourth-order valence-electron chi connectivity index (χ4n) is 3.07. The summed E-state index contributed by atoms with van der Waals surface area (Å²) in [5, 5.41) is 4.41. The Morgan fingerprint density at radius 3 is 2.42 bits per heavy atom. The number of hydrogen-bond acceptors (Lipinski definition) is 5. The maximum absolute atomic E-state index is 12.1. The lowest BCUT2D eigenvalue weighted by atomic mass is 10.1. The van der Waals surface area contributed by atoms with Gasteiger partial charge in [0.25, 0.3) is 0 Å². The van der Waals surface area contributed by atoms with E-state index in [1.807, 2.05) is 43.3 Å². The van der Waals surface area contributed by atoms with Gasteiger partial charge in [0.2, 0.25) is 5.76 Å². The molecule has 1 N–H and O–H groups in total. The minimum atomic E-state index is -0.567. The standard InChI is InChI=1S/C24H27N3O4/c1-4-30-23(28)18(3)31-21-14-12-19(13-15-21)6-5-7-22-25-24(29)27(26-22)16-20-10-8-17(2)9-11-20/h8-15H,3-7,16H2,1-2H3,(H,25,26,29). The van der Waals surface area contributed by atoms with E-state index in [0.29, 0.717) is 24.5 Å². The number of H-pyrrole nitrogens is 1. The van der Waals surface area contributed by atoms with E-state index in [1.165, 1.54) is 10.2 Å². The van der Waals surface area contributed by atoms with Gasteiger partial charge < -0.3 is 9.47 Å². The molecule has 2 aromatic carbocycles. The predicted molar refractivity (Wildman–Crippen MR) is 118 cm³/mol. The molecule has 0 bridgehead atoms. The van der Waals surface area contributed by atoms with Crippen molar-refractivity contribution in [3.05, 3.63) is 93.9 Å². The van der Waals surface area contributed by atoms with Gasteiger partial charge in [0.05, 0.1) is 13.2 Å². The van der Waals surface area contributed by atoms with Crippen LogP contribution in [-0.4, -0.2) is 27.3 Å². The summed E-state index contributed by atoms with van der Waals surface area (Å²) in [5.41, 5.74) is 3.15. The van der Waals surface area contributed by atoms with Crippen molar-refractivity contribution >= 4 is 5.97 Å². The van der Waals surface area contributed by atoms with Gasteiger partial charge in [0.1, 0.15) is 11.6 Å². The van der Waals surface area contributed by atoms with Crippen LogP contribution in [0.25, 0.3) is 0 Å². The number of carbonyl (C=O) groups is 1. The molecule has 162 valence electrons. The third-order valence-corrected chi connectivity index (χ3v) is 4.73. The molecule has 1 heterocycles. The summed E-state index contributed by atoms with van der Waals surface area (Å²) in [5.74, 6) is 0.603. The van der Waals surface area contributed by atoms with E-state index >= 15 is 0 Å². The molecule has 7 heteroatoms. The summed E-state index contributed by atoms with van der Waals surface area (Å²) in [6.45, 7) is 8.06. The lowest BCUT2D eigenvalue weighted by Crippen LogP contribution is -2.18. The molecular weight excluding hydrogens is 394 g/mol. The SMILES string of the molecule is C=C(Oc1ccc(CCCc2nn(Cc3ccc(C)cc3)c(=O)[nH]2)cc1)C(=O)OCC. The first kappa shape index (κ1) is 22.1. The molecule has 31 heavy (non-hydrogen) atoms. The summed E-state index contributed by atoms with van der Waals surface area (Å²) in [4.78, 5) is 26.5. The molecule has 0 aliphatic carbocycles. The number of rotatable bonds is 10. The van der Waals surface area contributed by atoms with Crippen molar-refractivity contribution < 1.29 is 14.3 Å².